The van der Waals surface area contributed by atoms with Crippen LogP contribution in [-0.4, -0.2) is 39.9 Å². The maximum absolute atomic E-state index is 4.48. The number of rotatable bonds is 5. The summed E-state index contributed by atoms with van der Waals surface area (Å²) in [7, 11) is 3.77. The Kier molecular flexibility index (Phi) is 7.58. The van der Waals surface area contributed by atoms with Crippen LogP contribution in [0.2, 0.25) is 0 Å². The summed E-state index contributed by atoms with van der Waals surface area (Å²) < 4.78 is 0. The maximum Gasteiger partial charge on any atom is 0.194 e. The molecule has 0 saturated carbocycles. The third-order valence-electron chi connectivity index (χ3n) is 3.74. The minimum Gasteiger partial charge on any atom is -0.350 e. The predicted octanol–water partition coefficient (Wildman–Crippen LogP) is 3.67. The summed E-state index contributed by atoms with van der Waals surface area (Å²) >= 11 is 1.65. The molecule has 2 aromatic heterocycles. The number of aromatic amines is 1. The van der Waals surface area contributed by atoms with Gasteiger partial charge in [0.2, 0.25) is 0 Å². The number of benzene rings is 1. The topological polar surface area (TPSA) is 69.2 Å². The zero-order valence-electron chi connectivity index (χ0n) is 15.1. The van der Waals surface area contributed by atoms with Crippen LogP contribution in [0, 0.1) is 6.92 Å². The Morgan fingerprint density at radius 2 is 2.08 bits per heavy atom. The van der Waals surface area contributed by atoms with Crippen LogP contribution in [0.15, 0.2) is 46.9 Å². The van der Waals surface area contributed by atoms with Crippen molar-refractivity contribution in [1.82, 2.24) is 25.2 Å². The van der Waals surface area contributed by atoms with Gasteiger partial charge in [0, 0.05) is 25.2 Å². The molecular weight excluding hydrogens is 459 g/mol. The average molecular weight is 482 g/mol. The molecule has 0 atom stereocenters. The number of aromatic nitrogens is 3. The van der Waals surface area contributed by atoms with Gasteiger partial charge in [-0.3, -0.25) is 4.99 Å². The summed E-state index contributed by atoms with van der Waals surface area (Å²) in [5.41, 5.74) is 3.20. The number of hydrogen-bond donors (Lipinski definition) is 2. The van der Waals surface area contributed by atoms with Gasteiger partial charge < -0.3 is 15.2 Å². The number of thiazole rings is 1. The SMILES string of the molecule is CN=C(NCc1nc(C)cs1)N(C)Cc1ncc(-c2ccccc2)[nH]1.I. The van der Waals surface area contributed by atoms with Crippen molar-refractivity contribution < 1.29 is 0 Å². The van der Waals surface area contributed by atoms with Gasteiger partial charge in [-0.1, -0.05) is 30.3 Å². The molecule has 0 bridgehead atoms. The van der Waals surface area contributed by atoms with Crippen LogP contribution in [0.3, 0.4) is 0 Å². The lowest BCUT2D eigenvalue weighted by Crippen LogP contribution is -2.38. The molecule has 26 heavy (non-hydrogen) atoms. The minimum absolute atomic E-state index is 0. The zero-order valence-corrected chi connectivity index (χ0v) is 18.2. The van der Waals surface area contributed by atoms with Gasteiger partial charge in [0.15, 0.2) is 5.96 Å². The molecule has 6 nitrogen and oxygen atoms in total. The summed E-state index contributed by atoms with van der Waals surface area (Å²) in [5, 5.41) is 6.44. The summed E-state index contributed by atoms with van der Waals surface area (Å²) in [4.78, 5) is 18.7. The first-order chi connectivity index (χ1) is 12.2. The molecule has 2 N–H and O–H groups in total. The van der Waals surface area contributed by atoms with E-state index in [2.05, 4.69) is 42.8 Å². The van der Waals surface area contributed by atoms with Gasteiger partial charge in [-0.05, 0) is 12.5 Å². The van der Waals surface area contributed by atoms with Crippen LogP contribution < -0.4 is 5.32 Å². The fourth-order valence-electron chi connectivity index (χ4n) is 2.53. The highest BCUT2D eigenvalue weighted by atomic mass is 127. The quantitative estimate of drug-likeness (QED) is 0.331. The molecule has 8 heteroatoms. The van der Waals surface area contributed by atoms with Crippen LogP contribution in [0.1, 0.15) is 16.5 Å². The Balaban J connectivity index is 0.00000243. The van der Waals surface area contributed by atoms with E-state index in [0.717, 1.165) is 33.7 Å². The lowest BCUT2D eigenvalue weighted by atomic mass is 10.2. The van der Waals surface area contributed by atoms with E-state index in [9.17, 15) is 0 Å². The Morgan fingerprint density at radius 3 is 2.73 bits per heavy atom. The Hall–Kier alpha value is -1.94. The molecule has 3 rings (SSSR count). The second kappa shape index (κ2) is 9.67. The van der Waals surface area contributed by atoms with E-state index in [1.54, 1.807) is 18.4 Å². The predicted molar refractivity (Wildman–Crippen MR) is 118 cm³/mol. The monoisotopic (exact) mass is 482 g/mol. The molecule has 0 saturated heterocycles. The van der Waals surface area contributed by atoms with Gasteiger partial charge in [0.05, 0.1) is 25.0 Å². The van der Waals surface area contributed by atoms with Gasteiger partial charge in [0.1, 0.15) is 10.8 Å². The number of aliphatic imine (C=N–C) groups is 1. The number of H-pyrrole nitrogens is 1. The highest BCUT2D eigenvalue weighted by Crippen LogP contribution is 2.16. The van der Waals surface area contributed by atoms with Crippen molar-refractivity contribution in [2.45, 2.75) is 20.0 Å². The molecule has 1 aromatic carbocycles. The van der Waals surface area contributed by atoms with Crippen molar-refractivity contribution in [3.05, 3.63) is 58.4 Å². The Labute approximate surface area is 174 Å². The molecule has 2 heterocycles. The van der Waals surface area contributed by atoms with Crippen molar-refractivity contribution in [2.75, 3.05) is 14.1 Å². The molecule has 138 valence electrons. The van der Waals surface area contributed by atoms with Crippen LogP contribution in [-0.2, 0) is 13.1 Å². The molecule has 0 unspecified atom stereocenters. The van der Waals surface area contributed by atoms with Gasteiger partial charge in [-0.15, -0.1) is 35.3 Å². The number of aryl methyl sites for hydroxylation is 1. The Bertz CT molecular complexity index is 842. The van der Waals surface area contributed by atoms with E-state index in [1.165, 1.54) is 0 Å². The molecule has 0 aliphatic carbocycles. The van der Waals surface area contributed by atoms with E-state index in [0.29, 0.717) is 13.1 Å². The van der Waals surface area contributed by atoms with Crippen molar-refractivity contribution in [3.63, 3.8) is 0 Å². The second-order valence-corrected chi connectivity index (χ2v) is 6.69. The first kappa shape index (κ1) is 20.4. The van der Waals surface area contributed by atoms with Crippen LogP contribution >= 0.6 is 35.3 Å². The lowest BCUT2D eigenvalue weighted by Gasteiger charge is -2.20. The summed E-state index contributed by atoms with van der Waals surface area (Å²) in [5.74, 6) is 1.71. The summed E-state index contributed by atoms with van der Waals surface area (Å²) in [6, 6.07) is 10.2. The van der Waals surface area contributed by atoms with Crippen LogP contribution in [0.25, 0.3) is 11.3 Å². The highest BCUT2D eigenvalue weighted by molar-refractivity contribution is 14.0. The fraction of sp³-hybridized carbons (Fsp3) is 0.278. The molecule has 0 fully saturated rings. The van der Waals surface area contributed by atoms with E-state index >= 15 is 0 Å². The minimum atomic E-state index is 0. The van der Waals surface area contributed by atoms with Crippen molar-refractivity contribution in [3.8, 4) is 11.3 Å². The number of guanidine groups is 1. The van der Waals surface area contributed by atoms with Crippen LogP contribution in [0.5, 0.6) is 0 Å². The molecule has 0 radical (unpaired) electrons. The third kappa shape index (κ3) is 5.28. The first-order valence-electron chi connectivity index (χ1n) is 8.08. The largest absolute Gasteiger partial charge is 0.350 e. The van der Waals surface area contributed by atoms with Gasteiger partial charge in [-0.25, -0.2) is 9.97 Å². The number of nitrogens with zero attached hydrogens (tertiary/aromatic N) is 4. The van der Waals surface area contributed by atoms with E-state index in [-0.39, 0.29) is 24.0 Å². The van der Waals surface area contributed by atoms with E-state index < -0.39 is 0 Å². The normalized spacial score (nSPS) is 11.1. The summed E-state index contributed by atoms with van der Waals surface area (Å²) in [6.07, 6.45) is 1.87. The number of nitrogens with one attached hydrogen (secondary N) is 2. The van der Waals surface area contributed by atoms with E-state index in [1.807, 2.05) is 43.3 Å². The molecule has 3 aromatic rings. The second-order valence-electron chi connectivity index (χ2n) is 5.75. The Morgan fingerprint density at radius 1 is 1.31 bits per heavy atom. The van der Waals surface area contributed by atoms with Gasteiger partial charge in [-0.2, -0.15) is 0 Å². The number of imidazole rings is 1. The van der Waals surface area contributed by atoms with Gasteiger partial charge >= 0.3 is 0 Å². The summed E-state index contributed by atoms with van der Waals surface area (Å²) in [6.45, 7) is 3.31. The smallest absolute Gasteiger partial charge is 0.194 e. The van der Waals surface area contributed by atoms with Gasteiger partial charge in [0.25, 0.3) is 0 Å². The highest BCUT2D eigenvalue weighted by Gasteiger charge is 2.10. The zero-order chi connectivity index (χ0) is 17.6. The van der Waals surface area contributed by atoms with E-state index in [4.69, 9.17) is 0 Å². The lowest BCUT2D eigenvalue weighted by molar-refractivity contribution is 0.464. The first-order valence-corrected chi connectivity index (χ1v) is 8.96. The van der Waals surface area contributed by atoms with Crippen LogP contribution in [0.4, 0.5) is 0 Å². The number of halogens is 1. The standard InChI is InChI=1S/C18H22N6S.HI/c1-13-12-25-17(22-13)10-21-18(19-2)24(3)11-16-20-9-15(23-16)14-7-5-4-6-8-14;/h4-9,12H,10-11H2,1-3H3,(H,19,21)(H,20,23);1H. The average Bonchev–Trinajstić information content (AvgIpc) is 3.25. The third-order valence-corrected chi connectivity index (χ3v) is 4.70. The molecule has 0 aliphatic heterocycles. The van der Waals surface area contributed by atoms with Crippen molar-refractivity contribution >= 4 is 41.3 Å². The fourth-order valence-corrected chi connectivity index (χ4v) is 3.24. The molecule has 0 amide bonds. The maximum atomic E-state index is 4.48. The molecular formula is C18H23IN6S. The molecule has 0 spiro atoms. The molecule has 0 aliphatic rings. The van der Waals surface area contributed by atoms with Crippen molar-refractivity contribution in [2.24, 2.45) is 4.99 Å². The number of hydrogen-bond acceptors (Lipinski definition) is 4. The van der Waals surface area contributed by atoms with Crippen molar-refractivity contribution in [1.29, 1.82) is 0 Å².